The summed E-state index contributed by atoms with van der Waals surface area (Å²) in [6.07, 6.45) is 1.83. The molecule has 3 N–H and O–H groups in total. The minimum Gasteiger partial charge on any atom is -0.504 e. The summed E-state index contributed by atoms with van der Waals surface area (Å²) in [5.74, 6) is -0.621. The van der Waals surface area contributed by atoms with Crippen molar-refractivity contribution in [2.24, 2.45) is 0 Å². The molecule has 0 heterocycles. The van der Waals surface area contributed by atoms with E-state index < -0.39 is 0 Å². The highest BCUT2D eigenvalue weighted by molar-refractivity contribution is 6.00. The van der Waals surface area contributed by atoms with E-state index in [0.717, 1.165) is 12.8 Å². The van der Waals surface area contributed by atoms with Crippen molar-refractivity contribution in [3.05, 3.63) is 59.7 Å². The molecule has 1 atom stereocenters. The second kappa shape index (κ2) is 8.88. The van der Waals surface area contributed by atoms with Crippen molar-refractivity contribution in [2.45, 2.75) is 45.2 Å². The highest BCUT2D eigenvalue weighted by Gasteiger charge is 2.24. The molecule has 0 aromatic heterocycles. The summed E-state index contributed by atoms with van der Waals surface area (Å²) in [6, 6.07) is 14.0. The summed E-state index contributed by atoms with van der Waals surface area (Å²) in [6.45, 7) is 5.97. The Morgan fingerprint density at radius 2 is 1.72 bits per heavy atom. The smallest absolute Gasteiger partial charge is 0.179 e. The first-order valence-electron chi connectivity index (χ1n) is 8.16. The maximum atomic E-state index is 12.5. The zero-order chi connectivity index (χ0) is 17.7. The fraction of sp³-hybridized carbons (Fsp3) is 0.350. The Labute approximate surface area is 155 Å². The van der Waals surface area contributed by atoms with Crippen molar-refractivity contribution in [3.8, 4) is 11.5 Å². The number of phenols is 2. The molecule has 0 amide bonds. The van der Waals surface area contributed by atoms with Crippen LogP contribution in [-0.4, -0.2) is 27.6 Å². The van der Waals surface area contributed by atoms with E-state index >= 15 is 0 Å². The minimum atomic E-state index is -0.389. The van der Waals surface area contributed by atoms with Gasteiger partial charge in [0.2, 0.25) is 0 Å². The van der Waals surface area contributed by atoms with Crippen LogP contribution in [0.4, 0.5) is 0 Å². The highest BCUT2D eigenvalue weighted by Crippen LogP contribution is 2.25. The Morgan fingerprint density at radius 3 is 2.32 bits per heavy atom. The number of ketones is 1. The van der Waals surface area contributed by atoms with Crippen LogP contribution >= 0.6 is 12.4 Å². The molecule has 0 fully saturated rings. The molecule has 25 heavy (non-hydrogen) atoms. The fourth-order valence-electron chi connectivity index (χ4n) is 2.75. The van der Waals surface area contributed by atoms with Gasteiger partial charge in [-0.15, -0.1) is 12.4 Å². The summed E-state index contributed by atoms with van der Waals surface area (Å²) in [4.78, 5) is 12.5. The largest absolute Gasteiger partial charge is 0.504 e. The molecule has 0 aliphatic heterocycles. The molecule has 0 spiro atoms. The number of halogens is 1. The molecule has 2 rings (SSSR count). The molecule has 5 heteroatoms. The van der Waals surface area contributed by atoms with Crippen LogP contribution in [-0.2, 0) is 6.42 Å². The number of aryl methyl sites for hydroxylation is 1. The number of hydrogen-bond acceptors (Lipinski definition) is 4. The van der Waals surface area contributed by atoms with Crippen molar-refractivity contribution in [1.82, 2.24) is 5.32 Å². The monoisotopic (exact) mass is 363 g/mol. The Hall–Kier alpha value is -2.04. The lowest BCUT2D eigenvalue weighted by Gasteiger charge is -2.30. The number of benzene rings is 2. The van der Waals surface area contributed by atoms with E-state index in [-0.39, 0.29) is 41.3 Å². The Balaban J connectivity index is 0.00000312. The van der Waals surface area contributed by atoms with Crippen LogP contribution < -0.4 is 5.32 Å². The highest BCUT2D eigenvalue weighted by atomic mass is 35.5. The summed E-state index contributed by atoms with van der Waals surface area (Å²) >= 11 is 0. The van der Waals surface area contributed by atoms with Crippen molar-refractivity contribution in [2.75, 3.05) is 0 Å². The van der Waals surface area contributed by atoms with E-state index in [1.165, 1.54) is 23.8 Å². The summed E-state index contributed by atoms with van der Waals surface area (Å²) in [5, 5.41) is 22.3. The standard InChI is InChI=1S/C20H25NO3.ClH/c1-14(19(24)16-9-10-17(22)18(23)13-16)21-20(2,3)12-11-15-7-5-4-6-8-15;/h4-10,13-14,21-23H,11-12H2,1-3H3;1H. The molecule has 0 saturated carbocycles. The quantitative estimate of drug-likeness (QED) is 0.512. The lowest BCUT2D eigenvalue weighted by Crippen LogP contribution is -2.48. The van der Waals surface area contributed by atoms with Crippen LogP contribution in [0.2, 0.25) is 0 Å². The molecule has 0 radical (unpaired) electrons. The van der Waals surface area contributed by atoms with Crippen molar-refractivity contribution in [3.63, 3.8) is 0 Å². The SMILES string of the molecule is CC(NC(C)(C)CCc1ccccc1)C(=O)c1ccc(O)c(O)c1.Cl. The van der Waals surface area contributed by atoms with E-state index in [1.54, 1.807) is 0 Å². The predicted octanol–water partition coefficient (Wildman–Crippen LogP) is 4.09. The van der Waals surface area contributed by atoms with Gasteiger partial charge in [0, 0.05) is 11.1 Å². The molecule has 0 aliphatic rings. The van der Waals surface area contributed by atoms with Gasteiger partial charge in [-0.3, -0.25) is 4.79 Å². The number of rotatable bonds is 7. The molecule has 136 valence electrons. The van der Waals surface area contributed by atoms with Crippen LogP contribution in [0.25, 0.3) is 0 Å². The Kier molecular flexibility index (Phi) is 7.46. The number of carbonyl (C=O) groups excluding carboxylic acids is 1. The lowest BCUT2D eigenvalue weighted by molar-refractivity contribution is 0.0930. The van der Waals surface area contributed by atoms with E-state index in [2.05, 4.69) is 31.3 Å². The minimum absolute atomic E-state index is 0. The van der Waals surface area contributed by atoms with E-state index in [9.17, 15) is 15.0 Å². The molecular formula is C20H26ClNO3. The fourth-order valence-corrected chi connectivity index (χ4v) is 2.75. The first-order valence-corrected chi connectivity index (χ1v) is 8.16. The molecule has 0 aliphatic carbocycles. The Bertz CT molecular complexity index is 701. The zero-order valence-electron chi connectivity index (χ0n) is 14.8. The number of phenolic OH excluding ortho intramolecular Hbond substituents is 2. The van der Waals surface area contributed by atoms with Crippen LogP contribution in [0, 0.1) is 0 Å². The predicted molar refractivity (Wildman–Crippen MR) is 103 cm³/mol. The second-order valence-electron chi connectivity index (χ2n) is 6.80. The van der Waals surface area contributed by atoms with Gasteiger partial charge in [-0.05, 0) is 57.4 Å². The lowest BCUT2D eigenvalue weighted by atomic mass is 9.93. The average molecular weight is 364 g/mol. The summed E-state index contributed by atoms with van der Waals surface area (Å²) in [5.41, 5.74) is 1.45. The molecular weight excluding hydrogens is 338 g/mol. The number of hydrogen-bond donors (Lipinski definition) is 3. The first kappa shape index (κ1) is 21.0. The van der Waals surface area contributed by atoms with Crippen LogP contribution in [0.15, 0.2) is 48.5 Å². The third-order valence-corrected chi connectivity index (χ3v) is 4.14. The van der Waals surface area contributed by atoms with Gasteiger partial charge in [0.25, 0.3) is 0 Å². The Morgan fingerprint density at radius 1 is 1.08 bits per heavy atom. The number of nitrogens with one attached hydrogen (secondary N) is 1. The topological polar surface area (TPSA) is 69.6 Å². The van der Waals surface area contributed by atoms with Gasteiger partial charge >= 0.3 is 0 Å². The van der Waals surface area contributed by atoms with Crippen molar-refractivity contribution in [1.29, 1.82) is 0 Å². The van der Waals surface area contributed by atoms with Gasteiger partial charge in [-0.1, -0.05) is 30.3 Å². The molecule has 2 aromatic carbocycles. The molecule has 0 saturated heterocycles. The number of aromatic hydroxyl groups is 2. The third-order valence-electron chi connectivity index (χ3n) is 4.14. The average Bonchev–Trinajstić information content (AvgIpc) is 2.55. The second-order valence-corrected chi connectivity index (χ2v) is 6.80. The maximum Gasteiger partial charge on any atom is 0.179 e. The molecule has 4 nitrogen and oxygen atoms in total. The number of Topliss-reactive ketones (excluding diaryl/α,β-unsaturated/α-hetero) is 1. The molecule has 1 unspecified atom stereocenters. The van der Waals surface area contributed by atoms with Crippen LogP contribution in [0.5, 0.6) is 11.5 Å². The summed E-state index contributed by atoms with van der Waals surface area (Å²) < 4.78 is 0. The van der Waals surface area contributed by atoms with Gasteiger partial charge in [0.15, 0.2) is 17.3 Å². The zero-order valence-corrected chi connectivity index (χ0v) is 15.6. The third kappa shape index (κ3) is 6.07. The van der Waals surface area contributed by atoms with Crippen LogP contribution in [0.1, 0.15) is 43.1 Å². The van der Waals surface area contributed by atoms with Gasteiger partial charge in [0.05, 0.1) is 6.04 Å². The van der Waals surface area contributed by atoms with Crippen molar-refractivity contribution >= 4 is 18.2 Å². The van der Waals surface area contributed by atoms with E-state index in [1.807, 2.05) is 25.1 Å². The van der Waals surface area contributed by atoms with E-state index in [4.69, 9.17) is 0 Å². The number of carbonyl (C=O) groups is 1. The van der Waals surface area contributed by atoms with E-state index in [0.29, 0.717) is 5.56 Å². The van der Waals surface area contributed by atoms with Gasteiger partial charge in [-0.2, -0.15) is 0 Å². The normalized spacial score (nSPS) is 12.3. The molecule has 2 aromatic rings. The molecule has 0 bridgehead atoms. The van der Waals surface area contributed by atoms with Crippen LogP contribution in [0.3, 0.4) is 0 Å². The maximum absolute atomic E-state index is 12.5. The first-order chi connectivity index (χ1) is 11.3. The van der Waals surface area contributed by atoms with Gasteiger partial charge < -0.3 is 15.5 Å². The summed E-state index contributed by atoms with van der Waals surface area (Å²) in [7, 11) is 0. The van der Waals surface area contributed by atoms with Crippen molar-refractivity contribution < 1.29 is 15.0 Å². The van der Waals surface area contributed by atoms with Gasteiger partial charge in [-0.25, -0.2) is 0 Å². The van der Waals surface area contributed by atoms with Gasteiger partial charge in [0.1, 0.15) is 0 Å².